The summed E-state index contributed by atoms with van der Waals surface area (Å²) in [4.78, 5) is 0.267. The second kappa shape index (κ2) is 3.40. The number of rotatable bonds is 0. The van der Waals surface area contributed by atoms with E-state index in [1.165, 1.54) is 0 Å². The summed E-state index contributed by atoms with van der Waals surface area (Å²) >= 11 is 0. The van der Waals surface area contributed by atoms with Gasteiger partial charge in [-0.3, -0.25) is 0 Å². The summed E-state index contributed by atoms with van der Waals surface area (Å²) in [5, 5.41) is 0. The van der Waals surface area contributed by atoms with Gasteiger partial charge in [0.2, 0.25) is 10.3 Å². The Bertz CT molecular complexity index is 521. The van der Waals surface area contributed by atoms with Crippen molar-refractivity contribution >= 4 is 21.2 Å². The minimum absolute atomic E-state index is 0.267. The fourth-order valence-corrected chi connectivity index (χ4v) is 2.21. The Labute approximate surface area is 83.4 Å². The van der Waals surface area contributed by atoms with Crippen molar-refractivity contribution in [1.29, 1.82) is 0 Å². The summed E-state index contributed by atoms with van der Waals surface area (Å²) in [5.41, 5.74) is 7.28. The van der Waals surface area contributed by atoms with E-state index in [1.807, 2.05) is 18.2 Å². The lowest BCUT2D eigenvalue weighted by Gasteiger charge is -2.15. The zero-order valence-electron chi connectivity index (χ0n) is 7.34. The molecule has 1 aliphatic carbocycles. The van der Waals surface area contributed by atoms with Gasteiger partial charge in [-0.15, -0.1) is 0 Å². The summed E-state index contributed by atoms with van der Waals surface area (Å²) in [7, 11) is -2.25. The summed E-state index contributed by atoms with van der Waals surface area (Å²) in [6.07, 6.45) is 3.53. The largest absolute Gasteiger partial charge is 0.320 e. The smallest absolute Gasteiger partial charge is 0.219 e. The lowest BCUT2D eigenvalue weighted by Crippen LogP contribution is -2.32. The molecule has 72 valence electrons. The maximum atomic E-state index is 11.0. The molecule has 0 aliphatic heterocycles. The van der Waals surface area contributed by atoms with Crippen LogP contribution in [0.3, 0.4) is 0 Å². The first kappa shape index (κ1) is 9.18. The number of fused-ring (bicyclic) bond motifs is 1. The number of hydrogen-bond acceptors (Lipinski definition) is 3. The highest BCUT2D eigenvalue weighted by atomic mass is 32.2. The van der Waals surface area contributed by atoms with Crippen LogP contribution in [0.1, 0.15) is 11.1 Å². The molecule has 1 aromatic carbocycles. The van der Waals surface area contributed by atoms with E-state index in [4.69, 9.17) is 5.73 Å². The Hall–Kier alpha value is -1.39. The van der Waals surface area contributed by atoms with Crippen molar-refractivity contribution in [3.05, 3.63) is 41.5 Å². The maximum absolute atomic E-state index is 11.0. The first-order valence-electron chi connectivity index (χ1n) is 4.19. The topological polar surface area (TPSA) is 60.2 Å². The highest BCUT2D eigenvalue weighted by Crippen LogP contribution is 2.17. The monoisotopic (exact) mass is 207 g/mol. The third-order valence-corrected chi connectivity index (χ3v) is 3.04. The van der Waals surface area contributed by atoms with Crippen molar-refractivity contribution in [1.82, 2.24) is 0 Å². The van der Waals surface area contributed by atoms with E-state index in [9.17, 15) is 8.42 Å². The Kier molecular flexibility index (Phi) is 2.23. The molecule has 4 heteroatoms. The molecule has 2 rings (SSSR count). The Balaban J connectivity index is 2.79. The van der Waals surface area contributed by atoms with Gasteiger partial charge >= 0.3 is 0 Å². The zero-order chi connectivity index (χ0) is 10.1. The van der Waals surface area contributed by atoms with Gasteiger partial charge in [-0.1, -0.05) is 36.4 Å². The van der Waals surface area contributed by atoms with Crippen LogP contribution < -0.4 is 5.73 Å². The molecule has 3 nitrogen and oxygen atoms in total. The highest BCUT2D eigenvalue weighted by Gasteiger charge is 2.18. The molecule has 0 saturated heterocycles. The van der Waals surface area contributed by atoms with E-state index in [0.29, 0.717) is 5.56 Å². The number of hydrogen-bond donors (Lipinski definition) is 1. The molecule has 1 unspecified atom stereocenters. The molecule has 0 heterocycles. The van der Waals surface area contributed by atoms with Gasteiger partial charge in [-0.2, -0.15) is 8.42 Å². The molecule has 14 heavy (non-hydrogen) atoms. The summed E-state index contributed by atoms with van der Waals surface area (Å²) < 4.78 is 22.0. The Morgan fingerprint density at radius 2 is 1.93 bits per heavy atom. The molecule has 0 amide bonds. The average molecular weight is 207 g/mol. The normalized spacial score (nSPS) is 19.2. The van der Waals surface area contributed by atoms with E-state index >= 15 is 0 Å². The zero-order valence-corrected chi connectivity index (χ0v) is 8.16. The van der Waals surface area contributed by atoms with E-state index in [1.54, 1.807) is 18.2 Å². The number of nitrogens with two attached hydrogens (primary N) is 1. The van der Waals surface area contributed by atoms with Crippen LogP contribution in [0.5, 0.6) is 0 Å². The fraction of sp³-hybridized carbons (Fsp3) is 0.100. The Morgan fingerprint density at radius 1 is 1.21 bits per heavy atom. The number of benzene rings is 1. The van der Waals surface area contributed by atoms with E-state index in [2.05, 4.69) is 0 Å². The van der Waals surface area contributed by atoms with Crippen LogP contribution in [0.15, 0.2) is 30.3 Å². The molecule has 0 spiro atoms. The molecule has 0 fully saturated rings. The predicted molar refractivity (Wildman–Crippen MR) is 56.5 cm³/mol. The molecule has 1 aliphatic rings. The van der Waals surface area contributed by atoms with Crippen molar-refractivity contribution in [2.24, 2.45) is 5.73 Å². The van der Waals surface area contributed by atoms with Crippen molar-refractivity contribution in [3.8, 4) is 0 Å². The van der Waals surface area contributed by atoms with Crippen LogP contribution in [0, 0.1) is 0 Å². The van der Waals surface area contributed by atoms with Gasteiger partial charge < -0.3 is 5.73 Å². The van der Waals surface area contributed by atoms with Gasteiger partial charge in [-0.05, 0) is 5.56 Å². The third kappa shape index (κ3) is 1.38. The van der Waals surface area contributed by atoms with Gasteiger partial charge in [0.15, 0.2) is 0 Å². The summed E-state index contributed by atoms with van der Waals surface area (Å²) in [5.74, 6) is 0. The van der Waals surface area contributed by atoms with Gasteiger partial charge in [-0.25, -0.2) is 0 Å². The summed E-state index contributed by atoms with van der Waals surface area (Å²) in [6.45, 7) is 0. The van der Waals surface area contributed by atoms with Crippen LogP contribution in [0.25, 0.3) is 6.08 Å². The molecule has 0 saturated carbocycles. The minimum Gasteiger partial charge on any atom is -0.320 e. The standard InChI is InChI=1S/C10H9NO2S/c11-9-6-5-7-3-1-2-4-8(7)10(9)14(12)13/h1-6,9H,11H2. The molecular weight excluding hydrogens is 198 g/mol. The van der Waals surface area contributed by atoms with Crippen LogP contribution in [-0.4, -0.2) is 19.3 Å². The third-order valence-electron chi connectivity index (χ3n) is 2.19. The quantitative estimate of drug-likeness (QED) is 0.628. The molecular formula is C10H9NO2S. The lowest BCUT2D eigenvalue weighted by atomic mass is 9.95. The van der Waals surface area contributed by atoms with Crippen LogP contribution in [0.4, 0.5) is 0 Å². The van der Waals surface area contributed by atoms with Gasteiger partial charge in [0, 0.05) is 5.56 Å². The molecule has 0 aromatic heterocycles. The van der Waals surface area contributed by atoms with Crippen LogP contribution >= 0.6 is 0 Å². The first-order chi connectivity index (χ1) is 6.70. The van der Waals surface area contributed by atoms with E-state index in [-0.39, 0.29) is 4.86 Å². The van der Waals surface area contributed by atoms with E-state index < -0.39 is 16.3 Å². The highest BCUT2D eigenvalue weighted by molar-refractivity contribution is 7.73. The predicted octanol–water partition coefficient (Wildman–Crippen LogP) is 0.440. The van der Waals surface area contributed by atoms with Crippen molar-refractivity contribution in [2.45, 2.75) is 6.04 Å². The van der Waals surface area contributed by atoms with E-state index in [0.717, 1.165) is 5.56 Å². The molecule has 1 aromatic rings. The lowest BCUT2D eigenvalue weighted by molar-refractivity contribution is 0.626. The SMILES string of the molecule is NC1C=Cc2ccccc2C1=S(=O)=O. The minimum atomic E-state index is -2.25. The van der Waals surface area contributed by atoms with Gasteiger partial charge in [0.05, 0.1) is 6.04 Å². The van der Waals surface area contributed by atoms with Crippen molar-refractivity contribution in [3.63, 3.8) is 0 Å². The van der Waals surface area contributed by atoms with Crippen LogP contribution in [0.2, 0.25) is 0 Å². The molecule has 0 bridgehead atoms. The second-order valence-corrected chi connectivity index (χ2v) is 3.98. The average Bonchev–Trinajstić information content (AvgIpc) is 2.17. The molecule has 2 N–H and O–H groups in total. The van der Waals surface area contributed by atoms with Crippen molar-refractivity contribution in [2.75, 3.05) is 0 Å². The molecule has 0 radical (unpaired) electrons. The maximum Gasteiger partial charge on any atom is 0.219 e. The Morgan fingerprint density at radius 3 is 2.64 bits per heavy atom. The fourth-order valence-electron chi connectivity index (χ4n) is 1.54. The molecule has 1 atom stereocenters. The summed E-state index contributed by atoms with van der Waals surface area (Å²) in [6, 6.07) is 6.78. The van der Waals surface area contributed by atoms with Gasteiger partial charge in [0.25, 0.3) is 0 Å². The van der Waals surface area contributed by atoms with Crippen molar-refractivity contribution < 1.29 is 8.42 Å². The second-order valence-electron chi connectivity index (χ2n) is 3.07. The van der Waals surface area contributed by atoms with Gasteiger partial charge in [0.1, 0.15) is 4.86 Å². The first-order valence-corrected chi connectivity index (χ1v) is 5.27. The van der Waals surface area contributed by atoms with Crippen LogP contribution in [-0.2, 0) is 10.3 Å².